The lowest BCUT2D eigenvalue weighted by Crippen LogP contribution is -2.35. The van der Waals surface area contributed by atoms with E-state index in [1.165, 1.54) is 25.0 Å². The van der Waals surface area contributed by atoms with E-state index < -0.39 is 10.0 Å². The van der Waals surface area contributed by atoms with E-state index >= 15 is 0 Å². The molecule has 1 aromatic rings. The van der Waals surface area contributed by atoms with E-state index in [9.17, 15) is 8.42 Å². The number of nitrogens with zero attached hydrogens (tertiary/aromatic N) is 1. The normalized spacial score (nSPS) is 17.8. The standard InChI is InChI=1S/C15H20N2O2S/c1-2-15(9-5-6-10-15)12-17-20(18,19)14-8-4-3-7-13(14)11-16/h3-4,7-8,17H,2,5-6,9-10,12H2,1H3. The Morgan fingerprint density at radius 2 is 1.95 bits per heavy atom. The fraction of sp³-hybridized carbons (Fsp3) is 0.533. The zero-order valence-corrected chi connectivity index (χ0v) is 12.5. The van der Waals surface area contributed by atoms with E-state index in [1.807, 2.05) is 6.07 Å². The van der Waals surface area contributed by atoms with Gasteiger partial charge in [-0.3, -0.25) is 0 Å². The molecule has 4 nitrogen and oxygen atoms in total. The van der Waals surface area contributed by atoms with Crippen molar-refractivity contribution in [3.05, 3.63) is 29.8 Å². The summed E-state index contributed by atoms with van der Waals surface area (Å²) in [5.74, 6) is 0. The van der Waals surface area contributed by atoms with Gasteiger partial charge in [0.25, 0.3) is 0 Å². The summed E-state index contributed by atoms with van der Waals surface area (Å²) in [5, 5.41) is 9.02. The molecule has 0 aromatic heterocycles. The molecule has 0 radical (unpaired) electrons. The molecule has 1 aliphatic rings. The molecule has 5 heteroatoms. The molecule has 0 bridgehead atoms. The maximum Gasteiger partial charge on any atom is 0.241 e. The van der Waals surface area contributed by atoms with E-state index in [1.54, 1.807) is 12.1 Å². The van der Waals surface area contributed by atoms with Gasteiger partial charge in [-0.25, -0.2) is 13.1 Å². The molecule has 1 aromatic carbocycles. The largest absolute Gasteiger partial charge is 0.241 e. The van der Waals surface area contributed by atoms with Gasteiger partial charge in [0.05, 0.1) is 10.5 Å². The van der Waals surface area contributed by atoms with Crippen LogP contribution in [0.25, 0.3) is 0 Å². The molecule has 20 heavy (non-hydrogen) atoms. The minimum Gasteiger partial charge on any atom is -0.211 e. The predicted molar refractivity (Wildman–Crippen MR) is 77.5 cm³/mol. The summed E-state index contributed by atoms with van der Waals surface area (Å²) in [5.41, 5.74) is 0.284. The van der Waals surface area contributed by atoms with E-state index in [2.05, 4.69) is 11.6 Å². The van der Waals surface area contributed by atoms with Crippen LogP contribution in [0.3, 0.4) is 0 Å². The SMILES string of the molecule is CCC1(CNS(=O)(=O)c2ccccc2C#N)CCCC1. The van der Waals surface area contributed by atoms with Crippen molar-refractivity contribution in [1.29, 1.82) is 5.26 Å². The Balaban J connectivity index is 2.18. The number of rotatable bonds is 5. The number of nitrogens with one attached hydrogen (secondary N) is 1. The summed E-state index contributed by atoms with van der Waals surface area (Å²) < 4.78 is 27.4. The second kappa shape index (κ2) is 5.94. The zero-order chi connectivity index (χ0) is 14.6. The highest BCUT2D eigenvalue weighted by atomic mass is 32.2. The third-order valence-corrected chi connectivity index (χ3v) is 5.81. The Bertz CT molecular complexity index is 611. The van der Waals surface area contributed by atoms with Crippen LogP contribution < -0.4 is 4.72 Å². The van der Waals surface area contributed by atoms with E-state index in [0.29, 0.717) is 6.54 Å². The number of hydrogen-bond donors (Lipinski definition) is 1. The number of benzene rings is 1. The Hall–Kier alpha value is -1.38. The first-order valence-corrected chi connectivity index (χ1v) is 8.50. The summed E-state index contributed by atoms with van der Waals surface area (Å²) in [6.07, 6.45) is 5.47. The first kappa shape index (κ1) is 15.0. The highest BCUT2D eigenvalue weighted by Gasteiger charge is 2.33. The molecule has 1 fully saturated rings. The van der Waals surface area contributed by atoms with Crippen molar-refractivity contribution in [1.82, 2.24) is 4.72 Å². The monoisotopic (exact) mass is 292 g/mol. The highest BCUT2D eigenvalue weighted by molar-refractivity contribution is 7.89. The molecule has 1 aliphatic carbocycles. The molecule has 0 aliphatic heterocycles. The third-order valence-electron chi connectivity index (χ3n) is 4.35. The Morgan fingerprint density at radius 3 is 2.55 bits per heavy atom. The Morgan fingerprint density at radius 1 is 1.30 bits per heavy atom. The molecule has 0 spiro atoms. The van der Waals surface area contributed by atoms with Crippen LogP contribution in [0.1, 0.15) is 44.6 Å². The van der Waals surface area contributed by atoms with Gasteiger partial charge in [-0.1, -0.05) is 31.9 Å². The maximum absolute atomic E-state index is 12.4. The van der Waals surface area contributed by atoms with E-state index in [0.717, 1.165) is 19.3 Å². The lowest BCUT2D eigenvalue weighted by Gasteiger charge is -2.27. The topological polar surface area (TPSA) is 70.0 Å². The number of sulfonamides is 1. The minimum absolute atomic E-state index is 0.0757. The second-order valence-corrected chi connectivity index (χ2v) is 7.23. The highest BCUT2D eigenvalue weighted by Crippen LogP contribution is 2.40. The van der Waals surface area contributed by atoms with Gasteiger partial charge in [0.15, 0.2) is 0 Å². The minimum atomic E-state index is -3.61. The van der Waals surface area contributed by atoms with Crippen molar-refractivity contribution in [2.45, 2.75) is 43.9 Å². The molecular weight excluding hydrogens is 272 g/mol. The second-order valence-electron chi connectivity index (χ2n) is 5.49. The van der Waals surface area contributed by atoms with Gasteiger partial charge in [-0.05, 0) is 36.8 Å². The maximum atomic E-state index is 12.4. The summed E-state index contributed by atoms with van der Waals surface area (Å²) in [7, 11) is -3.61. The molecule has 0 heterocycles. The van der Waals surface area contributed by atoms with Crippen LogP contribution in [0, 0.1) is 16.7 Å². The molecule has 1 N–H and O–H groups in total. The predicted octanol–water partition coefficient (Wildman–Crippen LogP) is 2.81. The zero-order valence-electron chi connectivity index (χ0n) is 11.7. The number of nitriles is 1. The van der Waals surface area contributed by atoms with Gasteiger partial charge < -0.3 is 0 Å². The van der Waals surface area contributed by atoms with Crippen LogP contribution in [0.2, 0.25) is 0 Å². The Labute approximate surface area is 120 Å². The molecular formula is C15H20N2O2S. The van der Waals surface area contributed by atoms with Crippen LogP contribution in [-0.4, -0.2) is 15.0 Å². The summed E-state index contributed by atoms with van der Waals surface area (Å²) in [6, 6.07) is 8.25. The first-order valence-electron chi connectivity index (χ1n) is 7.02. The van der Waals surface area contributed by atoms with Crippen molar-refractivity contribution < 1.29 is 8.42 Å². The molecule has 0 atom stereocenters. The lowest BCUT2D eigenvalue weighted by molar-refractivity contribution is 0.285. The van der Waals surface area contributed by atoms with Crippen LogP contribution in [0.15, 0.2) is 29.2 Å². The van der Waals surface area contributed by atoms with Crippen LogP contribution in [0.5, 0.6) is 0 Å². The van der Waals surface area contributed by atoms with Crippen LogP contribution >= 0.6 is 0 Å². The van der Waals surface area contributed by atoms with Gasteiger partial charge >= 0.3 is 0 Å². The average Bonchev–Trinajstić information content (AvgIpc) is 2.95. The van der Waals surface area contributed by atoms with Gasteiger partial charge in [-0.2, -0.15) is 5.26 Å². The molecule has 0 amide bonds. The van der Waals surface area contributed by atoms with Crippen LogP contribution in [-0.2, 0) is 10.0 Å². The molecule has 1 saturated carbocycles. The first-order chi connectivity index (χ1) is 9.53. The van der Waals surface area contributed by atoms with E-state index in [4.69, 9.17) is 5.26 Å². The third kappa shape index (κ3) is 3.02. The van der Waals surface area contributed by atoms with Crippen molar-refractivity contribution in [3.63, 3.8) is 0 Å². The smallest absolute Gasteiger partial charge is 0.211 e. The van der Waals surface area contributed by atoms with Crippen molar-refractivity contribution in [2.24, 2.45) is 5.41 Å². The molecule has 0 unspecified atom stereocenters. The average molecular weight is 292 g/mol. The summed E-state index contributed by atoms with van der Waals surface area (Å²) >= 11 is 0. The van der Waals surface area contributed by atoms with E-state index in [-0.39, 0.29) is 15.9 Å². The summed E-state index contributed by atoms with van der Waals surface area (Å²) in [6.45, 7) is 2.58. The Kier molecular flexibility index (Phi) is 4.46. The summed E-state index contributed by atoms with van der Waals surface area (Å²) in [4.78, 5) is 0.0757. The van der Waals surface area contributed by atoms with Gasteiger partial charge in [0, 0.05) is 6.54 Å². The quantitative estimate of drug-likeness (QED) is 0.907. The van der Waals surface area contributed by atoms with Crippen molar-refractivity contribution >= 4 is 10.0 Å². The van der Waals surface area contributed by atoms with Crippen LogP contribution in [0.4, 0.5) is 0 Å². The van der Waals surface area contributed by atoms with Gasteiger partial charge in [0.2, 0.25) is 10.0 Å². The van der Waals surface area contributed by atoms with Crippen molar-refractivity contribution in [3.8, 4) is 6.07 Å². The molecule has 108 valence electrons. The molecule has 2 rings (SSSR count). The fourth-order valence-electron chi connectivity index (χ4n) is 2.90. The van der Waals surface area contributed by atoms with Crippen molar-refractivity contribution in [2.75, 3.05) is 6.54 Å². The fourth-order valence-corrected chi connectivity index (χ4v) is 4.21. The van der Waals surface area contributed by atoms with Gasteiger partial charge in [0.1, 0.15) is 6.07 Å². The number of hydrogen-bond acceptors (Lipinski definition) is 3. The molecule has 0 saturated heterocycles. The lowest BCUT2D eigenvalue weighted by atomic mass is 9.84. The van der Waals surface area contributed by atoms with Gasteiger partial charge in [-0.15, -0.1) is 0 Å².